The highest BCUT2D eigenvalue weighted by Gasteiger charge is 2.88. The number of alkyl halides is 9. The number of hydrogen-bond acceptors (Lipinski definition) is 2. The predicted octanol–water partition coefficient (Wildman–Crippen LogP) is 3.69. The summed E-state index contributed by atoms with van der Waals surface area (Å²) in [5, 5.41) is 0.892. The first-order valence-corrected chi connectivity index (χ1v) is 5.18. The van der Waals surface area contributed by atoms with Gasteiger partial charge in [0.05, 0.1) is 0 Å². The van der Waals surface area contributed by atoms with Gasteiger partial charge in [0.1, 0.15) is 5.82 Å². The van der Waals surface area contributed by atoms with Crippen molar-refractivity contribution in [3.63, 3.8) is 0 Å². The lowest BCUT2D eigenvalue weighted by Gasteiger charge is -2.36. The summed E-state index contributed by atoms with van der Waals surface area (Å²) in [4.78, 5) is 14.4. The van der Waals surface area contributed by atoms with Crippen LogP contribution in [0, 0.1) is 5.41 Å². The molecule has 3 nitrogen and oxygen atoms in total. The van der Waals surface area contributed by atoms with Crippen molar-refractivity contribution in [3.05, 3.63) is 24.4 Å². The molecule has 0 atom stereocenters. The topological polar surface area (TPSA) is 42.0 Å². The number of halogens is 9. The minimum atomic E-state index is -6.96. The van der Waals surface area contributed by atoms with E-state index in [1.165, 1.54) is 6.07 Å². The summed E-state index contributed by atoms with van der Waals surface area (Å²) < 4.78 is 113. The maximum Gasteiger partial charge on any atom is 0.421 e. The Balaban J connectivity index is 3.47. The minimum absolute atomic E-state index is 0.728. The first-order chi connectivity index (χ1) is 9.75. The van der Waals surface area contributed by atoms with Crippen molar-refractivity contribution in [3.8, 4) is 0 Å². The van der Waals surface area contributed by atoms with Crippen LogP contribution in [-0.4, -0.2) is 29.4 Å². The van der Waals surface area contributed by atoms with Crippen LogP contribution in [0.1, 0.15) is 0 Å². The zero-order valence-corrected chi connectivity index (χ0v) is 10.1. The Morgan fingerprint density at radius 2 is 1.32 bits per heavy atom. The highest BCUT2D eigenvalue weighted by atomic mass is 19.4. The molecule has 0 saturated carbocycles. The van der Waals surface area contributed by atoms with Gasteiger partial charge in [-0.05, 0) is 12.1 Å². The Hall–Kier alpha value is -2.01. The highest BCUT2D eigenvalue weighted by Crippen LogP contribution is 2.59. The van der Waals surface area contributed by atoms with Gasteiger partial charge in [0, 0.05) is 6.20 Å². The summed E-state index contributed by atoms with van der Waals surface area (Å²) in [7, 11) is 0. The number of nitrogens with one attached hydrogen (secondary N) is 1. The lowest BCUT2D eigenvalue weighted by molar-refractivity contribution is -0.405. The summed E-state index contributed by atoms with van der Waals surface area (Å²) in [5.74, 6) is -4.23. The molecule has 1 heterocycles. The van der Waals surface area contributed by atoms with Crippen LogP contribution in [0.5, 0.6) is 0 Å². The molecule has 0 unspecified atom stereocenters. The Bertz CT molecular complexity index is 496. The summed E-state index contributed by atoms with van der Waals surface area (Å²) >= 11 is 0. The first kappa shape index (κ1) is 18.0. The van der Waals surface area contributed by atoms with Crippen molar-refractivity contribution < 1.29 is 44.3 Å². The number of carbonyl (C=O) groups is 1. The molecule has 124 valence electrons. The van der Waals surface area contributed by atoms with Gasteiger partial charge in [0.15, 0.2) is 0 Å². The Morgan fingerprint density at radius 3 is 1.64 bits per heavy atom. The second-order valence-corrected chi connectivity index (χ2v) is 3.91. The van der Waals surface area contributed by atoms with Gasteiger partial charge >= 0.3 is 23.9 Å². The standard InChI is InChI=1S/C10H5F9N2O/c11-8(12,13)7(9(14,15)16,10(17,18)19)6(22)21-5-3-1-2-4-20-5/h1-4H,(H,20,21,22). The average Bonchev–Trinajstić information content (AvgIpc) is 2.24. The van der Waals surface area contributed by atoms with E-state index in [1.54, 1.807) is 0 Å². The van der Waals surface area contributed by atoms with E-state index in [-0.39, 0.29) is 0 Å². The van der Waals surface area contributed by atoms with Crippen molar-refractivity contribution in [1.29, 1.82) is 0 Å². The normalized spacial score (nSPS) is 13.9. The number of carbonyl (C=O) groups excluding carboxylic acids is 1. The van der Waals surface area contributed by atoms with Crippen LogP contribution < -0.4 is 5.32 Å². The number of pyridine rings is 1. The second kappa shape index (κ2) is 5.32. The molecule has 0 bridgehead atoms. The maximum atomic E-state index is 12.6. The summed E-state index contributed by atoms with van der Waals surface area (Å²) in [6.45, 7) is 0. The molecular formula is C10H5F9N2O. The van der Waals surface area contributed by atoms with Crippen molar-refractivity contribution in [2.24, 2.45) is 5.41 Å². The van der Waals surface area contributed by atoms with E-state index in [0.717, 1.165) is 23.6 Å². The molecule has 0 fully saturated rings. The lowest BCUT2D eigenvalue weighted by Crippen LogP contribution is -2.65. The summed E-state index contributed by atoms with van der Waals surface area (Å²) in [6.07, 6.45) is -20.0. The number of hydrogen-bond donors (Lipinski definition) is 1. The minimum Gasteiger partial charge on any atom is -0.309 e. The quantitative estimate of drug-likeness (QED) is 0.835. The van der Waals surface area contributed by atoms with Crippen LogP contribution in [0.15, 0.2) is 24.4 Å². The average molecular weight is 340 g/mol. The van der Waals surface area contributed by atoms with E-state index >= 15 is 0 Å². The summed E-state index contributed by atoms with van der Waals surface area (Å²) in [5.41, 5.74) is -6.56. The van der Waals surface area contributed by atoms with E-state index in [9.17, 15) is 44.3 Å². The number of aromatic nitrogens is 1. The number of amides is 1. The fraction of sp³-hybridized carbons (Fsp3) is 0.400. The molecule has 22 heavy (non-hydrogen) atoms. The van der Waals surface area contributed by atoms with E-state index in [0.29, 0.717) is 0 Å². The van der Waals surface area contributed by atoms with Gasteiger partial charge in [-0.2, -0.15) is 39.5 Å². The molecule has 1 N–H and O–H groups in total. The van der Waals surface area contributed by atoms with Crippen molar-refractivity contribution in [1.82, 2.24) is 4.98 Å². The highest BCUT2D eigenvalue weighted by molar-refractivity contribution is 5.96. The molecule has 0 aliphatic rings. The van der Waals surface area contributed by atoms with Gasteiger partial charge in [-0.25, -0.2) is 4.98 Å². The van der Waals surface area contributed by atoms with Crippen LogP contribution in [0.3, 0.4) is 0 Å². The van der Waals surface area contributed by atoms with E-state index in [1.807, 2.05) is 0 Å². The van der Waals surface area contributed by atoms with E-state index in [2.05, 4.69) is 4.98 Å². The Morgan fingerprint density at radius 1 is 0.864 bits per heavy atom. The number of rotatable bonds is 2. The largest absolute Gasteiger partial charge is 0.421 e. The van der Waals surface area contributed by atoms with Gasteiger partial charge in [-0.3, -0.25) is 4.79 Å². The maximum absolute atomic E-state index is 12.6. The van der Waals surface area contributed by atoms with Crippen LogP contribution >= 0.6 is 0 Å². The molecule has 0 spiro atoms. The predicted molar refractivity (Wildman–Crippen MR) is 53.5 cm³/mol. The molecule has 0 saturated heterocycles. The van der Waals surface area contributed by atoms with E-state index in [4.69, 9.17) is 0 Å². The number of anilines is 1. The SMILES string of the molecule is O=C(Nc1ccccn1)C(C(F)(F)F)(C(F)(F)F)C(F)(F)F. The van der Waals surface area contributed by atoms with Crippen LogP contribution in [-0.2, 0) is 4.79 Å². The smallest absolute Gasteiger partial charge is 0.309 e. The molecular weight excluding hydrogens is 335 g/mol. The van der Waals surface area contributed by atoms with Gasteiger partial charge in [-0.15, -0.1) is 0 Å². The molecule has 1 rings (SSSR count). The van der Waals surface area contributed by atoms with Crippen LogP contribution in [0.2, 0.25) is 0 Å². The van der Waals surface area contributed by atoms with Crippen molar-refractivity contribution in [2.45, 2.75) is 18.5 Å². The molecule has 1 aromatic heterocycles. The second-order valence-electron chi connectivity index (χ2n) is 3.91. The fourth-order valence-electron chi connectivity index (χ4n) is 1.52. The molecule has 0 aliphatic carbocycles. The van der Waals surface area contributed by atoms with Gasteiger partial charge in [0.2, 0.25) is 0 Å². The molecule has 0 aliphatic heterocycles. The number of nitrogens with zero attached hydrogens (tertiary/aromatic N) is 1. The summed E-state index contributed by atoms with van der Waals surface area (Å²) in [6, 6.07) is 2.95. The Kier molecular flexibility index (Phi) is 4.36. The van der Waals surface area contributed by atoms with Gasteiger partial charge in [-0.1, -0.05) is 6.07 Å². The molecule has 12 heteroatoms. The first-order valence-electron chi connectivity index (χ1n) is 5.18. The lowest BCUT2D eigenvalue weighted by atomic mass is 9.84. The Labute approximate surface area is 116 Å². The third-order valence-corrected chi connectivity index (χ3v) is 2.52. The van der Waals surface area contributed by atoms with E-state index < -0.39 is 35.7 Å². The molecule has 1 aromatic rings. The van der Waals surface area contributed by atoms with Gasteiger partial charge < -0.3 is 5.32 Å². The molecule has 0 radical (unpaired) electrons. The monoisotopic (exact) mass is 340 g/mol. The van der Waals surface area contributed by atoms with Crippen molar-refractivity contribution >= 4 is 11.7 Å². The molecule has 1 amide bonds. The van der Waals surface area contributed by atoms with Crippen LogP contribution in [0.4, 0.5) is 45.3 Å². The molecule has 0 aromatic carbocycles. The van der Waals surface area contributed by atoms with Gasteiger partial charge in [0.25, 0.3) is 5.91 Å². The third kappa shape index (κ3) is 2.81. The van der Waals surface area contributed by atoms with Crippen molar-refractivity contribution in [2.75, 3.05) is 5.32 Å². The third-order valence-electron chi connectivity index (χ3n) is 2.52. The fourth-order valence-corrected chi connectivity index (χ4v) is 1.52. The zero-order valence-electron chi connectivity index (χ0n) is 10.1. The van der Waals surface area contributed by atoms with Crippen LogP contribution in [0.25, 0.3) is 0 Å². The zero-order chi connectivity index (χ0) is 17.4.